The summed E-state index contributed by atoms with van der Waals surface area (Å²) in [7, 11) is 2.93. The van der Waals surface area contributed by atoms with Crippen molar-refractivity contribution < 1.29 is 14.3 Å². The molecule has 0 aromatic heterocycles. The zero-order valence-electron chi connectivity index (χ0n) is 10.7. The number of carbonyl (C=O) groups is 1. The predicted molar refractivity (Wildman–Crippen MR) is 78.9 cm³/mol. The maximum Gasteiger partial charge on any atom is 0.337 e. The van der Waals surface area contributed by atoms with E-state index in [1.807, 2.05) is 0 Å². The number of ether oxygens (including phenoxy) is 2. The maximum atomic E-state index is 11.4. The van der Waals surface area contributed by atoms with Gasteiger partial charge in [-0.25, -0.2) is 4.79 Å². The first-order valence-corrected chi connectivity index (χ1v) is 6.28. The second-order valence-corrected chi connectivity index (χ2v) is 4.38. The molecule has 0 bridgehead atoms. The average molecular weight is 303 g/mol. The fraction of sp³-hybridized carbons (Fsp3) is 0.333. The van der Waals surface area contributed by atoms with Crippen LogP contribution in [-0.2, 0) is 9.47 Å². The first-order valence-electron chi connectivity index (χ1n) is 5.50. The highest BCUT2D eigenvalue weighted by atomic mass is 35.5. The molecule has 1 aromatic carbocycles. The number of carbonyl (C=O) groups excluding carboxylic acids is 1. The van der Waals surface area contributed by atoms with Crippen molar-refractivity contribution in [2.75, 3.05) is 32.7 Å². The highest BCUT2D eigenvalue weighted by Crippen LogP contribution is 2.23. The lowest BCUT2D eigenvalue weighted by molar-refractivity contribution is 0.0601. The normalized spacial score (nSPS) is 9.84. The van der Waals surface area contributed by atoms with Gasteiger partial charge in [-0.15, -0.1) is 0 Å². The molecule has 1 aromatic rings. The molecule has 0 aliphatic carbocycles. The van der Waals surface area contributed by atoms with Gasteiger partial charge in [0.1, 0.15) is 0 Å². The molecule has 0 spiro atoms. The number of nitrogens with one attached hydrogen (secondary N) is 2. The Bertz CT molecular complexity index is 468. The monoisotopic (exact) mass is 302 g/mol. The standard InChI is InChI=1S/C12H15ClN2O3S/c1-17-6-5-14-12(19)15-10-7-8(11(16)18-2)3-4-9(10)13/h3-4,7H,5-6H2,1-2H3,(H2,14,15,19). The summed E-state index contributed by atoms with van der Waals surface area (Å²) in [5, 5.41) is 6.72. The molecule has 1 rings (SSSR count). The molecule has 0 aliphatic heterocycles. The highest BCUT2D eigenvalue weighted by Gasteiger charge is 2.09. The molecule has 0 aliphatic rings. The van der Waals surface area contributed by atoms with E-state index in [0.29, 0.717) is 34.5 Å². The van der Waals surface area contributed by atoms with E-state index < -0.39 is 5.97 Å². The molecular weight excluding hydrogens is 288 g/mol. The van der Waals surface area contributed by atoms with Crippen molar-refractivity contribution in [3.8, 4) is 0 Å². The van der Waals surface area contributed by atoms with Crippen LogP contribution in [0, 0.1) is 0 Å². The molecule has 0 radical (unpaired) electrons. The Morgan fingerprint density at radius 1 is 1.42 bits per heavy atom. The van der Waals surface area contributed by atoms with Gasteiger partial charge < -0.3 is 20.1 Å². The number of anilines is 1. The Labute approximate surface area is 122 Å². The van der Waals surface area contributed by atoms with E-state index >= 15 is 0 Å². The molecule has 0 unspecified atom stereocenters. The minimum absolute atomic E-state index is 0.397. The number of halogens is 1. The van der Waals surface area contributed by atoms with Crippen LogP contribution in [-0.4, -0.2) is 38.5 Å². The van der Waals surface area contributed by atoms with Gasteiger partial charge >= 0.3 is 5.97 Å². The zero-order chi connectivity index (χ0) is 14.3. The number of hydrogen-bond acceptors (Lipinski definition) is 4. The van der Waals surface area contributed by atoms with Gasteiger partial charge in [-0.3, -0.25) is 0 Å². The first-order chi connectivity index (χ1) is 9.08. The number of benzene rings is 1. The molecule has 0 fully saturated rings. The Hall–Kier alpha value is -1.37. The third-order valence-corrected chi connectivity index (χ3v) is 2.80. The lowest BCUT2D eigenvalue weighted by atomic mass is 10.2. The van der Waals surface area contributed by atoms with Crippen LogP contribution < -0.4 is 10.6 Å². The summed E-state index contributed by atoms with van der Waals surface area (Å²) < 4.78 is 9.53. The largest absolute Gasteiger partial charge is 0.465 e. The molecule has 0 heterocycles. The van der Waals surface area contributed by atoms with Crippen LogP contribution in [0.25, 0.3) is 0 Å². The summed E-state index contributed by atoms with van der Waals surface area (Å²) in [5.74, 6) is -0.432. The summed E-state index contributed by atoms with van der Waals surface area (Å²) in [6, 6.07) is 4.77. The molecule has 0 amide bonds. The van der Waals surface area contributed by atoms with Crippen molar-refractivity contribution in [1.82, 2.24) is 5.32 Å². The van der Waals surface area contributed by atoms with Crippen LogP contribution in [0.4, 0.5) is 5.69 Å². The van der Waals surface area contributed by atoms with Crippen LogP contribution in [0.1, 0.15) is 10.4 Å². The molecule has 0 atom stereocenters. The van der Waals surface area contributed by atoms with Crippen molar-refractivity contribution in [3.63, 3.8) is 0 Å². The van der Waals surface area contributed by atoms with Gasteiger partial charge in [-0.05, 0) is 30.4 Å². The minimum Gasteiger partial charge on any atom is -0.465 e. The highest BCUT2D eigenvalue weighted by molar-refractivity contribution is 7.80. The second kappa shape index (κ2) is 7.93. The van der Waals surface area contributed by atoms with Gasteiger partial charge in [-0.1, -0.05) is 11.6 Å². The van der Waals surface area contributed by atoms with E-state index in [1.165, 1.54) is 7.11 Å². The third-order valence-electron chi connectivity index (χ3n) is 2.23. The molecule has 0 saturated carbocycles. The van der Waals surface area contributed by atoms with Gasteiger partial charge in [0.05, 0.1) is 30.0 Å². The summed E-state index contributed by atoms with van der Waals surface area (Å²) in [5.41, 5.74) is 0.938. The third kappa shape index (κ3) is 5.02. The van der Waals surface area contributed by atoms with Crippen molar-refractivity contribution >= 4 is 40.6 Å². The van der Waals surface area contributed by atoms with E-state index in [0.717, 1.165) is 0 Å². The van der Waals surface area contributed by atoms with Crippen LogP contribution in [0.3, 0.4) is 0 Å². The van der Waals surface area contributed by atoms with E-state index in [9.17, 15) is 4.79 Å². The smallest absolute Gasteiger partial charge is 0.337 e. The van der Waals surface area contributed by atoms with E-state index in [4.69, 9.17) is 28.6 Å². The molecule has 7 heteroatoms. The number of thiocarbonyl (C=S) groups is 1. The zero-order valence-corrected chi connectivity index (χ0v) is 12.2. The van der Waals surface area contributed by atoms with Gasteiger partial charge in [0.2, 0.25) is 0 Å². The van der Waals surface area contributed by atoms with Crippen LogP contribution in [0.5, 0.6) is 0 Å². The molecule has 19 heavy (non-hydrogen) atoms. The van der Waals surface area contributed by atoms with Gasteiger partial charge in [-0.2, -0.15) is 0 Å². The van der Waals surface area contributed by atoms with Crippen LogP contribution in [0.15, 0.2) is 18.2 Å². The molecule has 0 saturated heterocycles. The Morgan fingerprint density at radius 3 is 2.79 bits per heavy atom. The lowest BCUT2D eigenvalue weighted by Gasteiger charge is -2.12. The summed E-state index contributed by atoms with van der Waals surface area (Å²) in [6.45, 7) is 1.12. The maximum absolute atomic E-state index is 11.4. The Morgan fingerprint density at radius 2 is 2.16 bits per heavy atom. The quantitative estimate of drug-likeness (QED) is 0.493. The predicted octanol–water partition coefficient (Wildman–Crippen LogP) is 2.06. The first kappa shape index (κ1) is 15.7. The summed E-state index contributed by atoms with van der Waals surface area (Å²) in [6.07, 6.45) is 0. The van der Waals surface area contributed by atoms with Gasteiger partial charge in [0, 0.05) is 13.7 Å². The second-order valence-electron chi connectivity index (χ2n) is 3.56. The van der Waals surface area contributed by atoms with Crippen molar-refractivity contribution in [2.24, 2.45) is 0 Å². The number of esters is 1. The average Bonchev–Trinajstić information content (AvgIpc) is 2.40. The molecule has 5 nitrogen and oxygen atoms in total. The van der Waals surface area contributed by atoms with Crippen molar-refractivity contribution in [1.29, 1.82) is 0 Å². The lowest BCUT2D eigenvalue weighted by Crippen LogP contribution is -2.31. The van der Waals surface area contributed by atoms with Crippen LogP contribution >= 0.6 is 23.8 Å². The molecule has 104 valence electrons. The minimum atomic E-state index is -0.432. The van der Waals surface area contributed by atoms with Crippen molar-refractivity contribution in [2.45, 2.75) is 0 Å². The Kier molecular flexibility index (Phi) is 6.55. The fourth-order valence-corrected chi connectivity index (χ4v) is 1.68. The van der Waals surface area contributed by atoms with Crippen LogP contribution in [0.2, 0.25) is 5.02 Å². The van der Waals surface area contributed by atoms with E-state index in [-0.39, 0.29) is 0 Å². The summed E-state index contributed by atoms with van der Waals surface area (Å²) >= 11 is 11.1. The number of rotatable bonds is 5. The van der Waals surface area contributed by atoms with E-state index in [1.54, 1.807) is 25.3 Å². The summed E-state index contributed by atoms with van der Waals surface area (Å²) in [4.78, 5) is 11.4. The van der Waals surface area contributed by atoms with Gasteiger partial charge in [0.15, 0.2) is 5.11 Å². The topological polar surface area (TPSA) is 59.6 Å². The molecular formula is C12H15ClN2O3S. The SMILES string of the molecule is COCCNC(=S)Nc1cc(C(=O)OC)ccc1Cl. The fourth-order valence-electron chi connectivity index (χ4n) is 1.30. The van der Waals surface area contributed by atoms with E-state index in [2.05, 4.69) is 15.4 Å². The number of methoxy groups -OCH3 is 2. The molecule has 2 N–H and O–H groups in total. The number of hydrogen-bond donors (Lipinski definition) is 2. The Balaban J connectivity index is 2.71. The van der Waals surface area contributed by atoms with Crippen molar-refractivity contribution in [3.05, 3.63) is 28.8 Å². The van der Waals surface area contributed by atoms with Gasteiger partial charge in [0.25, 0.3) is 0 Å².